The van der Waals surface area contributed by atoms with Crippen molar-refractivity contribution in [3.8, 4) is 5.75 Å². The van der Waals surface area contributed by atoms with Gasteiger partial charge in [0.15, 0.2) is 0 Å². The highest BCUT2D eigenvalue weighted by Gasteiger charge is 2.42. The van der Waals surface area contributed by atoms with Crippen LogP contribution >= 0.6 is 11.6 Å². The quantitative estimate of drug-likeness (QED) is 0.893. The predicted molar refractivity (Wildman–Crippen MR) is 90.3 cm³/mol. The summed E-state index contributed by atoms with van der Waals surface area (Å²) in [6.07, 6.45) is 2.56. The average molecular weight is 352 g/mol. The molecule has 0 aromatic heterocycles. The summed E-state index contributed by atoms with van der Waals surface area (Å²) in [4.78, 5) is 0.235. The molecule has 1 aliphatic carbocycles. The highest BCUT2D eigenvalue weighted by Crippen LogP contribution is 2.42. The predicted octanol–water partition coefficient (Wildman–Crippen LogP) is 3.71. The summed E-state index contributed by atoms with van der Waals surface area (Å²) in [7, 11) is -2.05. The molecule has 0 atom stereocenters. The van der Waals surface area contributed by atoms with Gasteiger partial charge in [0.05, 0.1) is 17.5 Å². The van der Waals surface area contributed by atoms with Crippen molar-refractivity contribution in [3.05, 3.63) is 59.1 Å². The normalized spacial score (nSPS) is 16.6. The molecule has 0 radical (unpaired) electrons. The first-order valence-electron chi connectivity index (χ1n) is 7.39. The minimum atomic E-state index is -3.60. The highest BCUT2D eigenvalue weighted by molar-refractivity contribution is 7.89. The van der Waals surface area contributed by atoms with Crippen molar-refractivity contribution in [1.82, 2.24) is 4.72 Å². The van der Waals surface area contributed by atoms with E-state index in [1.165, 1.54) is 0 Å². The van der Waals surface area contributed by atoms with E-state index in [1.807, 2.05) is 12.1 Å². The van der Waals surface area contributed by atoms with Gasteiger partial charge in [0, 0.05) is 5.02 Å². The Hall–Kier alpha value is -1.56. The molecule has 0 amide bonds. The van der Waals surface area contributed by atoms with E-state index in [-0.39, 0.29) is 4.90 Å². The number of sulfonamides is 1. The fourth-order valence-electron chi connectivity index (χ4n) is 2.82. The van der Waals surface area contributed by atoms with Gasteiger partial charge < -0.3 is 4.74 Å². The molecule has 3 rings (SSSR count). The van der Waals surface area contributed by atoms with Gasteiger partial charge in [-0.05, 0) is 61.2 Å². The number of halogens is 1. The number of ether oxygens (including phenoxy) is 1. The first-order valence-corrected chi connectivity index (χ1v) is 9.25. The Bertz CT molecular complexity index is 782. The zero-order valence-corrected chi connectivity index (χ0v) is 14.3. The van der Waals surface area contributed by atoms with Gasteiger partial charge >= 0.3 is 0 Å². The second-order valence-electron chi connectivity index (χ2n) is 5.72. The summed E-state index contributed by atoms with van der Waals surface area (Å²) in [6, 6.07) is 13.7. The standard InChI is InChI=1S/C17H18ClNO3S/c1-22-15-7-9-16(10-8-15)23(20,21)19-17(11-2-12-17)13-3-5-14(18)6-4-13/h3-10,19H,2,11-12H2,1H3. The molecule has 23 heavy (non-hydrogen) atoms. The maximum atomic E-state index is 12.7. The van der Waals surface area contributed by atoms with Gasteiger partial charge in [-0.1, -0.05) is 23.7 Å². The SMILES string of the molecule is COc1ccc(S(=O)(=O)NC2(c3ccc(Cl)cc3)CCC2)cc1. The van der Waals surface area contributed by atoms with Gasteiger partial charge in [-0.2, -0.15) is 0 Å². The third-order valence-corrected chi connectivity index (χ3v) is 6.11. The van der Waals surface area contributed by atoms with Crippen LogP contribution in [0.25, 0.3) is 0 Å². The lowest BCUT2D eigenvalue weighted by molar-refractivity contribution is 0.224. The van der Waals surface area contributed by atoms with Crippen LogP contribution in [0.15, 0.2) is 53.4 Å². The Morgan fingerprint density at radius 2 is 1.65 bits per heavy atom. The second kappa shape index (κ2) is 6.15. The van der Waals surface area contributed by atoms with E-state index < -0.39 is 15.6 Å². The zero-order valence-electron chi connectivity index (χ0n) is 12.8. The molecule has 0 saturated heterocycles. The van der Waals surface area contributed by atoms with Gasteiger partial charge in [-0.3, -0.25) is 0 Å². The summed E-state index contributed by atoms with van der Waals surface area (Å²) in [5, 5.41) is 0.640. The van der Waals surface area contributed by atoms with Gasteiger partial charge in [0.1, 0.15) is 5.75 Å². The lowest BCUT2D eigenvalue weighted by Crippen LogP contribution is -2.50. The first-order chi connectivity index (χ1) is 11.0. The van der Waals surface area contributed by atoms with Crippen molar-refractivity contribution in [2.45, 2.75) is 29.7 Å². The fraction of sp³-hybridized carbons (Fsp3) is 0.294. The lowest BCUT2D eigenvalue weighted by Gasteiger charge is -2.42. The minimum Gasteiger partial charge on any atom is -0.497 e. The molecule has 2 aromatic carbocycles. The van der Waals surface area contributed by atoms with E-state index in [1.54, 1.807) is 43.5 Å². The molecule has 0 bridgehead atoms. The van der Waals surface area contributed by atoms with E-state index in [2.05, 4.69) is 4.72 Å². The summed E-state index contributed by atoms with van der Waals surface area (Å²) >= 11 is 5.93. The smallest absolute Gasteiger partial charge is 0.241 e. The van der Waals surface area contributed by atoms with Gasteiger partial charge in [0.2, 0.25) is 10.0 Å². The van der Waals surface area contributed by atoms with Crippen LogP contribution in [-0.2, 0) is 15.6 Å². The summed E-state index contributed by atoms with van der Waals surface area (Å²) < 4.78 is 33.4. The summed E-state index contributed by atoms with van der Waals surface area (Å²) in [5.41, 5.74) is 0.411. The number of benzene rings is 2. The van der Waals surface area contributed by atoms with Crippen molar-refractivity contribution >= 4 is 21.6 Å². The van der Waals surface area contributed by atoms with Crippen LogP contribution in [0.1, 0.15) is 24.8 Å². The summed E-state index contributed by atoms with van der Waals surface area (Å²) in [5.74, 6) is 0.625. The second-order valence-corrected chi connectivity index (χ2v) is 7.84. The van der Waals surface area contributed by atoms with Crippen LogP contribution in [0.3, 0.4) is 0 Å². The Morgan fingerprint density at radius 1 is 1.04 bits per heavy atom. The van der Waals surface area contributed by atoms with Crippen LogP contribution in [0.4, 0.5) is 0 Å². The minimum absolute atomic E-state index is 0.235. The first kappa shape index (κ1) is 16.3. The number of nitrogens with one attached hydrogen (secondary N) is 1. The van der Waals surface area contributed by atoms with Crippen molar-refractivity contribution < 1.29 is 13.2 Å². The Balaban J connectivity index is 1.89. The van der Waals surface area contributed by atoms with Crippen LogP contribution in [0.5, 0.6) is 5.75 Å². The summed E-state index contributed by atoms with van der Waals surface area (Å²) in [6.45, 7) is 0. The molecule has 0 spiro atoms. The molecule has 122 valence electrons. The fourth-order valence-corrected chi connectivity index (χ4v) is 4.39. The monoisotopic (exact) mass is 351 g/mol. The molecule has 4 nitrogen and oxygen atoms in total. The lowest BCUT2D eigenvalue weighted by atomic mass is 9.73. The van der Waals surface area contributed by atoms with Crippen LogP contribution in [-0.4, -0.2) is 15.5 Å². The highest BCUT2D eigenvalue weighted by atomic mass is 35.5. The molecule has 6 heteroatoms. The van der Waals surface area contributed by atoms with Gasteiger partial charge in [0.25, 0.3) is 0 Å². The van der Waals surface area contributed by atoms with E-state index in [4.69, 9.17) is 16.3 Å². The maximum absolute atomic E-state index is 12.7. The number of methoxy groups -OCH3 is 1. The number of rotatable bonds is 5. The van der Waals surface area contributed by atoms with Crippen LogP contribution < -0.4 is 9.46 Å². The van der Waals surface area contributed by atoms with E-state index in [9.17, 15) is 8.42 Å². The Morgan fingerprint density at radius 3 is 2.13 bits per heavy atom. The molecule has 0 unspecified atom stereocenters. The topological polar surface area (TPSA) is 55.4 Å². The van der Waals surface area contributed by atoms with Crippen molar-refractivity contribution in [1.29, 1.82) is 0 Å². The Labute approximate surface area is 141 Å². The zero-order chi connectivity index (χ0) is 16.5. The molecule has 1 N–H and O–H groups in total. The largest absolute Gasteiger partial charge is 0.497 e. The molecular formula is C17H18ClNO3S. The van der Waals surface area contributed by atoms with Crippen molar-refractivity contribution in [2.75, 3.05) is 7.11 Å². The average Bonchev–Trinajstić information content (AvgIpc) is 2.52. The van der Waals surface area contributed by atoms with E-state index >= 15 is 0 Å². The van der Waals surface area contributed by atoms with E-state index in [0.29, 0.717) is 10.8 Å². The molecule has 0 heterocycles. The Kier molecular flexibility index (Phi) is 4.36. The van der Waals surface area contributed by atoms with E-state index in [0.717, 1.165) is 24.8 Å². The molecule has 2 aromatic rings. The molecule has 1 aliphatic rings. The van der Waals surface area contributed by atoms with Gasteiger partial charge in [-0.15, -0.1) is 0 Å². The maximum Gasteiger partial charge on any atom is 0.241 e. The molecular weight excluding hydrogens is 334 g/mol. The van der Waals surface area contributed by atoms with Crippen molar-refractivity contribution in [2.24, 2.45) is 0 Å². The number of hydrogen-bond acceptors (Lipinski definition) is 3. The third kappa shape index (κ3) is 3.22. The van der Waals surface area contributed by atoms with Crippen LogP contribution in [0.2, 0.25) is 5.02 Å². The molecule has 0 aliphatic heterocycles. The van der Waals surface area contributed by atoms with Crippen LogP contribution in [0, 0.1) is 0 Å². The third-order valence-electron chi connectivity index (χ3n) is 4.30. The molecule has 1 saturated carbocycles. The van der Waals surface area contributed by atoms with Crippen molar-refractivity contribution in [3.63, 3.8) is 0 Å². The number of hydrogen-bond donors (Lipinski definition) is 1. The van der Waals surface area contributed by atoms with Gasteiger partial charge in [-0.25, -0.2) is 13.1 Å². The molecule has 1 fully saturated rings.